The van der Waals surface area contributed by atoms with E-state index in [1.807, 2.05) is 0 Å². The molecule has 68 valence electrons. The summed E-state index contributed by atoms with van der Waals surface area (Å²) < 4.78 is 8.47. The molecule has 0 aliphatic carbocycles. The lowest BCUT2D eigenvalue weighted by Crippen LogP contribution is -2.27. The van der Waals surface area contributed by atoms with Crippen molar-refractivity contribution in [3.05, 3.63) is 0 Å². The van der Waals surface area contributed by atoms with E-state index >= 15 is 0 Å². The fourth-order valence-corrected chi connectivity index (χ4v) is 0.375. The number of rotatable bonds is 2. The first-order valence-electron chi connectivity index (χ1n) is 3.28. The molecule has 0 rings (SSSR count). The summed E-state index contributed by atoms with van der Waals surface area (Å²) in [7, 11) is 1.06. The van der Waals surface area contributed by atoms with E-state index in [1.54, 1.807) is 0 Å². The van der Waals surface area contributed by atoms with Crippen LogP contribution < -0.4 is 0 Å². The zero-order valence-corrected chi connectivity index (χ0v) is 7.12. The largest absolute Gasteiger partial charge is 0.461 e. The number of carbonyl (C=O) groups excluding carboxylic acids is 3. The molecule has 5 heteroatoms. The zero-order chi connectivity index (χ0) is 9.72. The Balaban J connectivity index is 4.01. The summed E-state index contributed by atoms with van der Waals surface area (Å²) in [4.78, 5) is 31.7. The molecule has 0 aliphatic rings. The van der Waals surface area contributed by atoms with Gasteiger partial charge in [-0.3, -0.25) is 4.79 Å². The van der Waals surface area contributed by atoms with E-state index in [-0.39, 0.29) is 5.78 Å². The third-order valence-electron chi connectivity index (χ3n) is 1.21. The van der Waals surface area contributed by atoms with Crippen molar-refractivity contribution in [2.75, 3.05) is 7.11 Å². The van der Waals surface area contributed by atoms with Gasteiger partial charge in [-0.1, -0.05) is 0 Å². The van der Waals surface area contributed by atoms with Crippen LogP contribution in [0, 0.1) is 0 Å². The molecule has 12 heavy (non-hydrogen) atoms. The number of Topliss-reactive ketones (excluding diaryl/α,β-unsaturated/α-hetero) is 1. The van der Waals surface area contributed by atoms with Gasteiger partial charge in [0.2, 0.25) is 0 Å². The van der Waals surface area contributed by atoms with Crippen LogP contribution >= 0.6 is 0 Å². The molecule has 0 aliphatic heterocycles. The minimum atomic E-state index is -1.15. The number of carbonyl (C=O) groups is 3. The van der Waals surface area contributed by atoms with Crippen molar-refractivity contribution in [1.82, 2.24) is 0 Å². The first-order chi connectivity index (χ1) is 5.49. The summed E-state index contributed by atoms with van der Waals surface area (Å²) in [5.74, 6) is -2.59. The van der Waals surface area contributed by atoms with Crippen molar-refractivity contribution in [2.45, 2.75) is 20.0 Å². The SMILES string of the molecule is COC(=O)C(=O)OC(C)C(C)=O. The van der Waals surface area contributed by atoms with Gasteiger partial charge in [-0.15, -0.1) is 0 Å². The minimum absolute atomic E-state index is 0.327. The first-order valence-corrected chi connectivity index (χ1v) is 3.28. The van der Waals surface area contributed by atoms with E-state index in [9.17, 15) is 14.4 Å². The Hall–Kier alpha value is -1.39. The highest BCUT2D eigenvalue weighted by molar-refractivity contribution is 6.29. The average Bonchev–Trinajstić information content (AvgIpc) is 2.02. The maximum atomic E-state index is 10.6. The van der Waals surface area contributed by atoms with Gasteiger partial charge in [0, 0.05) is 0 Å². The molecular weight excluding hydrogens is 164 g/mol. The topological polar surface area (TPSA) is 69.7 Å². The third kappa shape index (κ3) is 3.14. The fraction of sp³-hybridized carbons (Fsp3) is 0.571. The van der Waals surface area contributed by atoms with Gasteiger partial charge in [-0.2, -0.15) is 0 Å². The highest BCUT2D eigenvalue weighted by atomic mass is 16.6. The van der Waals surface area contributed by atoms with Crippen molar-refractivity contribution in [2.24, 2.45) is 0 Å². The Morgan fingerprint density at radius 3 is 2.00 bits per heavy atom. The molecule has 1 atom stereocenters. The number of hydrogen-bond acceptors (Lipinski definition) is 5. The molecule has 0 N–H and O–H groups in total. The maximum absolute atomic E-state index is 10.6. The molecule has 0 aromatic carbocycles. The second-order valence-electron chi connectivity index (χ2n) is 2.15. The molecule has 5 nitrogen and oxygen atoms in total. The monoisotopic (exact) mass is 174 g/mol. The standard InChI is InChI=1S/C7H10O5/c1-4(8)5(2)12-7(10)6(9)11-3/h5H,1-3H3. The number of hydrogen-bond donors (Lipinski definition) is 0. The smallest absolute Gasteiger partial charge is 0.418 e. The molecule has 0 bridgehead atoms. The highest BCUT2D eigenvalue weighted by Crippen LogP contribution is 1.93. The quantitative estimate of drug-likeness (QED) is 0.424. The van der Waals surface area contributed by atoms with E-state index in [2.05, 4.69) is 9.47 Å². The van der Waals surface area contributed by atoms with Crippen LogP contribution in [-0.2, 0) is 23.9 Å². The second-order valence-corrected chi connectivity index (χ2v) is 2.15. The van der Waals surface area contributed by atoms with E-state index < -0.39 is 18.0 Å². The molecule has 0 aromatic rings. The van der Waals surface area contributed by atoms with Crippen LogP contribution in [-0.4, -0.2) is 30.9 Å². The Kier molecular flexibility index (Phi) is 3.96. The molecule has 0 radical (unpaired) electrons. The van der Waals surface area contributed by atoms with Crippen LogP contribution in [0.3, 0.4) is 0 Å². The van der Waals surface area contributed by atoms with Crippen molar-refractivity contribution in [3.8, 4) is 0 Å². The lowest BCUT2D eigenvalue weighted by Gasteiger charge is -2.07. The molecule has 0 spiro atoms. The molecule has 1 unspecified atom stereocenters. The Morgan fingerprint density at radius 2 is 1.67 bits per heavy atom. The molecule has 0 aromatic heterocycles. The van der Waals surface area contributed by atoms with Crippen molar-refractivity contribution in [1.29, 1.82) is 0 Å². The summed E-state index contributed by atoms with van der Waals surface area (Å²) in [6.07, 6.45) is -0.906. The maximum Gasteiger partial charge on any atom is 0.418 e. The molecule has 0 heterocycles. The number of ketones is 1. The number of methoxy groups -OCH3 is 1. The molecule has 0 saturated carbocycles. The van der Waals surface area contributed by atoms with Gasteiger partial charge in [-0.25, -0.2) is 9.59 Å². The van der Waals surface area contributed by atoms with Crippen LogP contribution in [0.1, 0.15) is 13.8 Å². The van der Waals surface area contributed by atoms with E-state index in [0.717, 1.165) is 7.11 Å². The minimum Gasteiger partial charge on any atom is -0.461 e. The lowest BCUT2D eigenvalue weighted by molar-refractivity contribution is -0.170. The normalized spacial score (nSPS) is 11.6. The van der Waals surface area contributed by atoms with Crippen molar-refractivity contribution >= 4 is 17.7 Å². The van der Waals surface area contributed by atoms with E-state index in [1.165, 1.54) is 13.8 Å². The van der Waals surface area contributed by atoms with Gasteiger partial charge in [0.25, 0.3) is 0 Å². The van der Waals surface area contributed by atoms with Crippen LogP contribution in [0.5, 0.6) is 0 Å². The van der Waals surface area contributed by atoms with E-state index in [0.29, 0.717) is 0 Å². The van der Waals surface area contributed by atoms with Gasteiger partial charge in [-0.05, 0) is 13.8 Å². The second kappa shape index (κ2) is 4.48. The van der Waals surface area contributed by atoms with Crippen molar-refractivity contribution < 1.29 is 23.9 Å². The average molecular weight is 174 g/mol. The summed E-state index contributed by atoms with van der Waals surface area (Å²) in [6, 6.07) is 0. The molecular formula is C7H10O5. The van der Waals surface area contributed by atoms with Gasteiger partial charge < -0.3 is 9.47 Å². The van der Waals surface area contributed by atoms with E-state index in [4.69, 9.17) is 0 Å². The predicted octanol–water partition coefficient (Wildman–Crippen LogP) is -0.320. The fourth-order valence-electron chi connectivity index (χ4n) is 0.375. The first kappa shape index (κ1) is 10.6. The lowest BCUT2D eigenvalue weighted by atomic mass is 10.3. The van der Waals surface area contributed by atoms with Crippen molar-refractivity contribution in [3.63, 3.8) is 0 Å². The molecule has 0 fully saturated rings. The Labute approximate surface area is 69.6 Å². The number of ether oxygens (including phenoxy) is 2. The summed E-state index contributed by atoms with van der Waals surface area (Å²) in [6.45, 7) is 2.64. The predicted molar refractivity (Wildman–Crippen MR) is 38.3 cm³/mol. The van der Waals surface area contributed by atoms with Gasteiger partial charge in [0.1, 0.15) is 0 Å². The van der Waals surface area contributed by atoms with Crippen LogP contribution in [0.25, 0.3) is 0 Å². The van der Waals surface area contributed by atoms with Crippen LogP contribution in [0.4, 0.5) is 0 Å². The van der Waals surface area contributed by atoms with Gasteiger partial charge in [0.15, 0.2) is 11.9 Å². The van der Waals surface area contributed by atoms with Gasteiger partial charge in [0.05, 0.1) is 7.11 Å². The number of esters is 2. The summed E-state index contributed by atoms with van der Waals surface area (Å²) in [5.41, 5.74) is 0. The summed E-state index contributed by atoms with van der Waals surface area (Å²) in [5, 5.41) is 0. The molecule has 0 amide bonds. The molecule has 0 saturated heterocycles. The summed E-state index contributed by atoms with van der Waals surface area (Å²) >= 11 is 0. The van der Waals surface area contributed by atoms with Gasteiger partial charge >= 0.3 is 11.9 Å². The van der Waals surface area contributed by atoms with Crippen LogP contribution in [0.2, 0.25) is 0 Å². The third-order valence-corrected chi connectivity index (χ3v) is 1.21. The van der Waals surface area contributed by atoms with Crippen LogP contribution in [0.15, 0.2) is 0 Å². The zero-order valence-electron chi connectivity index (χ0n) is 7.12. The Morgan fingerprint density at radius 1 is 1.17 bits per heavy atom. The highest BCUT2D eigenvalue weighted by Gasteiger charge is 2.20. The Bertz CT molecular complexity index is 208.